The maximum atomic E-state index is 12.5. The monoisotopic (exact) mass is 1030 g/mol. The molecule has 0 fully saturated rings. The number of esters is 1. The minimum absolute atomic E-state index is 0.000211. The van der Waals surface area contributed by atoms with Gasteiger partial charge in [0.05, 0.1) is 25.4 Å². The van der Waals surface area contributed by atoms with Gasteiger partial charge in [-0.2, -0.15) is 0 Å². The molecule has 0 radical (unpaired) electrons. The second kappa shape index (κ2) is 62.9. The summed E-state index contributed by atoms with van der Waals surface area (Å²) in [4.78, 5) is 24.6. The van der Waals surface area contributed by atoms with Crippen LogP contribution >= 0.6 is 0 Å². The Morgan fingerprint density at radius 3 is 0.986 bits per heavy atom. The Kier molecular flexibility index (Phi) is 61.4. The maximum absolute atomic E-state index is 12.5. The van der Waals surface area contributed by atoms with Gasteiger partial charge in [-0.1, -0.05) is 321 Å². The molecule has 2 unspecified atom stereocenters. The lowest BCUT2D eigenvalue weighted by atomic mass is 10.0. The van der Waals surface area contributed by atoms with Crippen molar-refractivity contribution in [2.75, 3.05) is 13.2 Å². The van der Waals surface area contributed by atoms with E-state index in [4.69, 9.17) is 4.74 Å². The third-order valence-electron chi connectivity index (χ3n) is 15.5. The Morgan fingerprint density at radius 1 is 0.370 bits per heavy atom. The molecule has 0 bridgehead atoms. The van der Waals surface area contributed by atoms with Crippen molar-refractivity contribution in [3.8, 4) is 0 Å². The molecule has 0 aliphatic heterocycles. The van der Waals surface area contributed by atoms with Gasteiger partial charge in [0.25, 0.3) is 0 Å². The minimum Gasteiger partial charge on any atom is -0.466 e. The molecule has 0 saturated carbocycles. The molecule has 0 aromatic rings. The predicted octanol–water partition coefficient (Wildman–Crippen LogP) is 21.0. The Labute approximate surface area is 456 Å². The maximum Gasteiger partial charge on any atom is 0.305 e. The number of ether oxygens (including phenoxy) is 1. The van der Waals surface area contributed by atoms with E-state index in [1.165, 1.54) is 295 Å². The van der Waals surface area contributed by atoms with E-state index >= 15 is 0 Å². The first kappa shape index (κ1) is 71.3. The van der Waals surface area contributed by atoms with Gasteiger partial charge in [-0.05, 0) is 57.8 Å². The molecule has 0 aromatic carbocycles. The Morgan fingerprint density at radius 2 is 0.644 bits per heavy atom. The van der Waals surface area contributed by atoms with Crippen LogP contribution in [-0.4, -0.2) is 47.4 Å². The molecule has 1 amide bonds. The fourth-order valence-corrected chi connectivity index (χ4v) is 10.4. The van der Waals surface area contributed by atoms with E-state index in [0.29, 0.717) is 19.4 Å². The van der Waals surface area contributed by atoms with Crippen molar-refractivity contribution >= 4 is 11.9 Å². The molecule has 6 heteroatoms. The number of nitrogens with one attached hydrogen (secondary N) is 1. The van der Waals surface area contributed by atoms with Crippen molar-refractivity contribution in [3.05, 3.63) is 24.3 Å². The van der Waals surface area contributed by atoms with Gasteiger partial charge in [0.15, 0.2) is 0 Å². The van der Waals surface area contributed by atoms with Crippen LogP contribution in [0.4, 0.5) is 0 Å². The van der Waals surface area contributed by atoms with Crippen LogP contribution in [0.25, 0.3) is 0 Å². The van der Waals surface area contributed by atoms with Crippen LogP contribution in [0.15, 0.2) is 24.3 Å². The summed E-state index contributed by atoms with van der Waals surface area (Å²) in [7, 11) is 0. The standard InChI is InChI=1S/C67H129NO5/c1-3-5-7-9-11-13-15-17-18-19-20-21-22-23-24-26-29-32-36-39-43-47-51-55-59-65(70)64(63-69)68-66(71)60-56-52-48-44-40-37-33-30-27-25-28-31-34-38-42-46-50-54-58-62-73-67(72)61-57-53-49-45-41-35-16-14-12-10-8-6-4-2/h14,16,55,59,64-65,69-70H,3-13,15,17-54,56-58,60-63H2,1-2H3,(H,68,71)/b16-14-,59-55+. The largest absolute Gasteiger partial charge is 0.466 e. The molecule has 2 atom stereocenters. The number of amides is 1. The van der Waals surface area contributed by atoms with E-state index in [-0.39, 0.29) is 18.5 Å². The average molecular weight is 1030 g/mol. The van der Waals surface area contributed by atoms with Crippen LogP contribution in [0.3, 0.4) is 0 Å². The molecular weight excluding hydrogens is 899 g/mol. The van der Waals surface area contributed by atoms with Gasteiger partial charge >= 0.3 is 5.97 Å². The summed E-state index contributed by atoms with van der Waals surface area (Å²) >= 11 is 0. The van der Waals surface area contributed by atoms with Gasteiger partial charge in [-0.15, -0.1) is 0 Å². The van der Waals surface area contributed by atoms with Crippen LogP contribution in [0, 0.1) is 0 Å². The van der Waals surface area contributed by atoms with E-state index in [9.17, 15) is 19.8 Å². The zero-order chi connectivity index (χ0) is 52.9. The number of unbranched alkanes of at least 4 members (excludes halogenated alkanes) is 49. The highest BCUT2D eigenvalue weighted by molar-refractivity contribution is 5.76. The fourth-order valence-electron chi connectivity index (χ4n) is 10.4. The normalized spacial score (nSPS) is 12.7. The summed E-state index contributed by atoms with van der Waals surface area (Å²) in [6, 6.07) is -0.631. The van der Waals surface area contributed by atoms with Crippen molar-refractivity contribution in [2.24, 2.45) is 0 Å². The number of carbonyl (C=O) groups is 2. The van der Waals surface area contributed by atoms with Gasteiger partial charge < -0.3 is 20.3 Å². The quantitative estimate of drug-likeness (QED) is 0.0320. The van der Waals surface area contributed by atoms with Crippen molar-refractivity contribution in [3.63, 3.8) is 0 Å². The summed E-state index contributed by atoms with van der Waals surface area (Å²) < 4.78 is 5.47. The molecule has 0 aromatic heterocycles. The van der Waals surface area contributed by atoms with Crippen LogP contribution in [0.1, 0.15) is 367 Å². The molecule has 0 heterocycles. The number of rotatable bonds is 62. The van der Waals surface area contributed by atoms with Crippen LogP contribution in [0.2, 0.25) is 0 Å². The number of aliphatic hydroxyl groups is 2. The summed E-state index contributed by atoms with van der Waals surface area (Å²) in [6.07, 6.45) is 78.0. The molecule has 0 saturated heterocycles. The predicted molar refractivity (Wildman–Crippen MR) is 320 cm³/mol. The second-order valence-electron chi connectivity index (χ2n) is 22.8. The lowest BCUT2D eigenvalue weighted by Gasteiger charge is -2.20. The Bertz CT molecular complexity index is 1140. The highest BCUT2D eigenvalue weighted by atomic mass is 16.5. The molecule has 0 rings (SSSR count). The van der Waals surface area contributed by atoms with Crippen molar-refractivity contribution in [1.29, 1.82) is 0 Å². The first-order valence-electron chi connectivity index (χ1n) is 33.1. The molecular formula is C67H129NO5. The van der Waals surface area contributed by atoms with E-state index in [1.807, 2.05) is 6.08 Å². The van der Waals surface area contributed by atoms with E-state index in [1.54, 1.807) is 6.08 Å². The smallest absolute Gasteiger partial charge is 0.305 e. The van der Waals surface area contributed by atoms with Gasteiger partial charge in [0.2, 0.25) is 5.91 Å². The third-order valence-corrected chi connectivity index (χ3v) is 15.5. The van der Waals surface area contributed by atoms with Crippen molar-refractivity contribution in [1.82, 2.24) is 5.32 Å². The summed E-state index contributed by atoms with van der Waals surface area (Å²) in [5.41, 5.74) is 0. The Hall–Kier alpha value is -1.66. The van der Waals surface area contributed by atoms with Gasteiger partial charge in [0, 0.05) is 12.8 Å². The highest BCUT2D eigenvalue weighted by Gasteiger charge is 2.18. The SMILES string of the molecule is CCCCCC/C=C\CCCCCCCC(=O)OCCCCCCCCCCCCCCCCCCCCCC(=O)NC(CO)C(O)/C=C/CCCCCCCCCCCCCCCCCCCCCCCC. The first-order valence-corrected chi connectivity index (χ1v) is 33.1. The van der Waals surface area contributed by atoms with E-state index < -0.39 is 12.1 Å². The van der Waals surface area contributed by atoms with Crippen LogP contribution in [-0.2, 0) is 14.3 Å². The van der Waals surface area contributed by atoms with Gasteiger partial charge in [0.1, 0.15) is 0 Å². The minimum atomic E-state index is -0.848. The van der Waals surface area contributed by atoms with E-state index in [2.05, 4.69) is 31.3 Å². The average Bonchev–Trinajstić information content (AvgIpc) is 3.39. The fraction of sp³-hybridized carbons (Fsp3) is 0.910. The molecule has 73 heavy (non-hydrogen) atoms. The number of carbonyl (C=O) groups excluding carboxylic acids is 2. The Balaban J connectivity index is 3.43. The van der Waals surface area contributed by atoms with E-state index in [0.717, 1.165) is 44.9 Å². The lowest BCUT2D eigenvalue weighted by molar-refractivity contribution is -0.143. The summed E-state index contributed by atoms with van der Waals surface area (Å²) in [6.45, 7) is 4.91. The summed E-state index contributed by atoms with van der Waals surface area (Å²) in [5, 5.41) is 23.3. The molecule has 3 N–H and O–H groups in total. The highest BCUT2D eigenvalue weighted by Crippen LogP contribution is 2.18. The number of hydrogen-bond donors (Lipinski definition) is 3. The van der Waals surface area contributed by atoms with Crippen molar-refractivity contribution in [2.45, 2.75) is 379 Å². The summed E-state index contributed by atoms with van der Waals surface area (Å²) in [5.74, 6) is -0.0672. The third kappa shape index (κ3) is 59.4. The number of hydrogen-bond acceptors (Lipinski definition) is 5. The van der Waals surface area contributed by atoms with Gasteiger partial charge in [-0.3, -0.25) is 9.59 Å². The zero-order valence-corrected chi connectivity index (χ0v) is 49.4. The number of aliphatic hydroxyl groups excluding tert-OH is 2. The topological polar surface area (TPSA) is 95.9 Å². The van der Waals surface area contributed by atoms with Gasteiger partial charge in [-0.25, -0.2) is 0 Å². The number of allylic oxidation sites excluding steroid dienone is 3. The molecule has 432 valence electrons. The molecule has 0 aliphatic carbocycles. The van der Waals surface area contributed by atoms with Crippen molar-refractivity contribution < 1.29 is 24.5 Å². The van der Waals surface area contributed by atoms with Crippen LogP contribution < -0.4 is 5.32 Å². The lowest BCUT2D eigenvalue weighted by Crippen LogP contribution is -2.45. The molecule has 6 nitrogen and oxygen atoms in total. The molecule has 0 aliphatic rings. The zero-order valence-electron chi connectivity index (χ0n) is 49.4. The van der Waals surface area contributed by atoms with Crippen LogP contribution in [0.5, 0.6) is 0 Å². The molecule has 0 spiro atoms. The second-order valence-corrected chi connectivity index (χ2v) is 22.8. The first-order chi connectivity index (χ1) is 36.0.